The summed E-state index contributed by atoms with van der Waals surface area (Å²) in [5.74, 6) is -0.473. The van der Waals surface area contributed by atoms with Gasteiger partial charge < -0.3 is 10.4 Å². The van der Waals surface area contributed by atoms with Gasteiger partial charge in [0.1, 0.15) is 16.6 Å². The van der Waals surface area contributed by atoms with Crippen LogP contribution in [-0.4, -0.2) is 16.6 Å². The van der Waals surface area contributed by atoms with Crippen molar-refractivity contribution in [3.05, 3.63) is 34.6 Å². The maximum Gasteiger partial charge on any atom is 0.137 e. The van der Waals surface area contributed by atoms with Gasteiger partial charge in [-0.15, -0.1) is 11.3 Å². The molecule has 0 bridgehead atoms. The van der Waals surface area contributed by atoms with Gasteiger partial charge in [-0.1, -0.05) is 6.92 Å². The number of benzene rings is 1. The molecular formula is C16H19FN2OS. The number of hydrogen-bond donors (Lipinski definition) is 2. The number of rotatable bonds is 4. The minimum Gasteiger partial charge on any atom is -0.508 e. The topological polar surface area (TPSA) is 45.1 Å². The van der Waals surface area contributed by atoms with E-state index in [1.165, 1.54) is 10.9 Å². The summed E-state index contributed by atoms with van der Waals surface area (Å²) < 4.78 is 14.0. The van der Waals surface area contributed by atoms with Gasteiger partial charge in [-0.2, -0.15) is 0 Å². The molecule has 1 aliphatic rings. The first-order valence-electron chi connectivity index (χ1n) is 7.41. The number of nitrogens with zero attached hydrogens (tertiary/aromatic N) is 1. The fourth-order valence-corrected chi connectivity index (χ4v) is 3.92. The lowest BCUT2D eigenvalue weighted by molar-refractivity contribution is 0.454. The van der Waals surface area contributed by atoms with Crippen molar-refractivity contribution in [3.8, 4) is 16.3 Å². The lowest BCUT2D eigenvalue weighted by atomic mass is 9.97. The summed E-state index contributed by atoms with van der Waals surface area (Å²) >= 11 is 1.57. The largest absolute Gasteiger partial charge is 0.508 e. The third kappa shape index (κ3) is 2.94. The highest BCUT2D eigenvalue weighted by Crippen LogP contribution is 2.38. The Labute approximate surface area is 127 Å². The monoisotopic (exact) mass is 306 g/mol. The van der Waals surface area contributed by atoms with Gasteiger partial charge in [0.05, 0.1) is 11.7 Å². The molecule has 5 heteroatoms. The van der Waals surface area contributed by atoms with E-state index in [-0.39, 0.29) is 5.75 Å². The van der Waals surface area contributed by atoms with Crippen molar-refractivity contribution in [2.24, 2.45) is 0 Å². The number of phenolic OH excluding ortho intramolecular Hbond substituents is 1. The number of phenols is 1. The zero-order chi connectivity index (χ0) is 14.8. The van der Waals surface area contributed by atoms with E-state index in [1.807, 2.05) is 0 Å². The van der Waals surface area contributed by atoms with Crippen molar-refractivity contribution in [2.45, 2.75) is 38.6 Å². The highest BCUT2D eigenvalue weighted by molar-refractivity contribution is 7.15. The smallest absolute Gasteiger partial charge is 0.137 e. The SMILES string of the molecule is CCCNC1CCCc2sc(-c3ccc(O)cc3F)nc21. The zero-order valence-corrected chi connectivity index (χ0v) is 12.8. The fourth-order valence-electron chi connectivity index (χ4n) is 2.73. The quantitative estimate of drug-likeness (QED) is 0.896. The number of thiazole rings is 1. The Morgan fingerprint density at radius 1 is 1.48 bits per heavy atom. The highest BCUT2D eigenvalue weighted by Gasteiger charge is 2.25. The summed E-state index contributed by atoms with van der Waals surface area (Å²) in [5.41, 5.74) is 1.56. The van der Waals surface area contributed by atoms with Gasteiger partial charge >= 0.3 is 0 Å². The molecule has 112 valence electrons. The van der Waals surface area contributed by atoms with E-state index >= 15 is 0 Å². The average Bonchev–Trinajstić information content (AvgIpc) is 2.89. The molecule has 0 spiro atoms. The zero-order valence-electron chi connectivity index (χ0n) is 12.0. The Kier molecular flexibility index (Phi) is 4.22. The number of nitrogens with one attached hydrogen (secondary N) is 1. The van der Waals surface area contributed by atoms with E-state index in [2.05, 4.69) is 17.2 Å². The Morgan fingerprint density at radius 3 is 3.10 bits per heavy atom. The molecule has 0 aliphatic heterocycles. The fraction of sp³-hybridized carbons (Fsp3) is 0.438. The van der Waals surface area contributed by atoms with Crippen LogP contribution in [0.15, 0.2) is 18.2 Å². The number of fused-ring (bicyclic) bond motifs is 1. The molecule has 0 saturated carbocycles. The summed E-state index contributed by atoms with van der Waals surface area (Å²) in [4.78, 5) is 5.94. The standard InChI is InChI=1S/C16H19FN2OS/c1-2-8-18-13-4-3-5-14-15(13)19-16(21-14)11-7-6-10(20)9-12(11)17/h6-7,9,13,18,20H,2-5,8H2,1H3. The van der Waals surface area contributed by atoms with E-state index in [0.29, 0.717) is 16.6 Å². The summed E-state index contributed by atoms with van der Waals surface area (Å²) in [6, 6.07) is 4.54. The van der Waals surface area contributed by atoms with Crippen molar-refractivity contribution in [1.29, 1.82) is 0 Å². The lowest BCUT2D eigenvalue weighted by Crippen LogP contribution is -2.25. The molecule has 21 heavy (non-hydrogen) atoms. The molecule has 1 aromatic heterocycles. The van der Waals surface area contributed by atoms with Gasteiger partial charge in [-0.3, -0.25) is 0 Å². The average molecular weight is 306 g/mol. The molecule has 1 atom stereocenters. The van der Waals surface area contributed by atoms with Gasteiger partial charge in [0.15, 0.2) is 0 Å². The van der Waals surface area contributed by atoms with Gasteiger partial charge in [-0.05, 0) is 44.4 Å². The van der Waals surface area contributed by atoms with Crippen LogP contribution in [0, 0.1) is 5.82 Å². The predicted molar refractivity (Wildman–Crippen MR) is 83.1 cm³/mol. The van der Waals surface area contributed by atoms with Crippen molar-refractivity contribution in [1.82, 2.24) is 10.3 Å². The van der Waals surface area contributed by atoms with E-state index in [0.717, 1.165) is 44.0 Å². The Hall–Kier alpha value is -1.46. The Morgan fingerprint density at radius 2 is 2.33 bits per heavy atom. The molecule has 2 N–H and O–H groups in total. The molecule has 2 aromatic rings. The van der Waals surface area contributed by atoms with Crippen LogP contribution in [0.4, 0.5) is 4.39 Å². The molecule has 0 saturated heterocycles. The van der Waals surface area contributed by atoms with E-state index in [9.17, 15) is 9.50 Å². The van der Waals surface area contributed by atoms with Crippen LogP contribution in [-0.2, 0) is 6.42 Å². The van der Waals surface area contributed by atoms with Crippen molar-refractivity contribution in [3.63, 3.8) is 0 Å². The van der Waals surface area contributed by atoms with Crippen LogP contribution in [0.3, 0.4) is 0 Å². The number of aromatic hydroxyl groups is 1. The Balaban J connectivity index is 1.94. The third-order valence-electron chi connectivity index (χ3n) is 3.78. The van der Waals surface area contributed by atoms with Crippen molar-refractivity contribution >= 4 is 11.3 Å². The molecule has 3 rings (SSSR count). The molecule has 0 amide bonds. The van der Waals surface area contributed by atoms with Crippen LogP contribution in [0.25, 0.3) is 10.6 Å². The third-order valence-corrected chi connectivity index (χ3v) is 4.94. The maximum absolute atomic E-state index is 14.0. The van der Waals surface area contributed by atoms with E-state index in [4.69, 9.17) is 0 Å². The summed E-state index contributed by atoms with van der Waals surface area (Å²) in [6.07, 6.45) is 4.36. The summed E-state index contributed by atoms with van der Waals surface area (Å²) in [7, 11) is 0. The normalized spacial score (nSPS) is 17.7. The van der Waals surface area contributed by atoms with Crippen LogP contribution in [0.2, 0.25) is 0 Å². The highest BCUT2D eigenvalue weighted by atomic mass is 32.1. The second kappa shape index (κ2) is 6.12. The first-order valence-corrected chi connectivity index (χ1v) is 8.22. The van der Waals surface area contributed by atoms with Crippen molar-refractivity contribution in [2.75, 3.05) is 6.54 Å². The van der Waals surface area contributed by atoms with Gasteiger partial charge in [-0.25, -0.2) is 9.37 Å². The molecule has 0 fully saturated rings. The summed E-state index contributed by atoms with van der Waals surface area (Å²) in [6.45, 7) is 3.12. The molecule has 1 aromatic carbocycles. The van der Waals surface area contributed by atoms with Crippen LogP contribution >= 0.6 is 11.3 Å². The van der Waals surface area contributed by atoms with Crippen LogP contribution in [0.5, 0.6) is 5.75 Å². The molecule has 1 unspecified atom stereocenters. The first kappa shape index (κ1) is 14.5. The van der Waals surface area contributed by atoms with Crippen LogP contribution < -0.4 is 5.32 Å². The number of halogens is 1. The van der Waals surface area contributed by atoms with E-state index < -0.39 is 5.82 Å². The number of aryl methyl sites for hydroxylation is 1. The molecular weight excluding hydrogens is 287 g/mol. The summed E-state index contributed by atoms with van der Waals surface area (Å²) in [5, 5.41) is 13.6. The van der Waals surface area contributed by atoms with Gasteiger partial charge in [0.25, 0.3) is 0 Å². The molecule has 1 heterocycles. The first-order chi connectivity index (χ1) is 10.2. The second-order valence-corrected chi connectivity index (χ2v) is 6.47. The van der Waals surface area contributed by atoms with Crippen molar-refractivity contribution < 1.29 is 9.50 Å². The van der Waals surface area contributed by atoms with E-state index in [1.54, 1.807) is 17.4 Å². The predicted octanol–water partition coefficient (Wildman–Crippen LogP) is 4.03. The van der Waals surface area contributed by atoms with Gasteiger partial charge in [0.2, 0.25) is 0 Å². The number of hydrogen-bond acceptors (Lipinski definition) is 4. The van der Waals surface area contributed by atoms with Gasteiger partial charge in [0, 0.05) is 16.5 Å². The maximum atomic E-state index is 14.0. The Bertz CT molecular complexity index is 641. The minimum atomic E-state index is -0.417. The second-order valence-electron chi connectivity index (χ2n) is 5.39. The minimum absolute atomic E-state index is 0.0555. The molecule has 0 radical (unpaired) electrons. The number of aromatic nitrogens is 1. The lowest BCUT2D eigenvalue weighted by Gasteiger charge is -2.22. The van der Waals surface area contributed by atoms with Crippen LogP contribution in [0.1, 0.15) is 42.8 Å². The molecule has 3 nitrogen and oxygen atoms in total. The molecule has 1 aliphatic carbocycles.